The molecule has 1 aromatic carbocycles. The highest BCUT2D eigenvalue weighted by atomic mass is 16.2. The van der Waals surface area contributed by atoms with Crippen molar-refractivity contribution in [3.05, 3.63) is 75.2 Å². The van der Waals surface area contributed by atoms with Crippen LogP contribution in [0.3, 0.4) is 0 Å². The zero-order chi connectivity index (χ0) is 21.1. The number of aryl methyl sites for hydroxylation is 1. The van der Waals surface area contributed by atoms with E-state index in [0.29, 0.717) is 37.0 Å². The van der Waals surface area contributed by atoms with Gasteiger partial charge in [0.15, 0.2) is 0 Å². The quantitative estimate of drug-likeness (QED) is 0.638. The second kappa shape index (κ2) is 8.49. The van der Waals surface area contributed by atoms with Gasteiger partial charge in [-0.3, -0.25) is 14.4 Å². The van der Waals surface area contributed by atoms with Crippen LogP contribution in [0.4, 0.5) is 0 Å². The summed E-state index contributed by atoms with van der Waals surface area (Å²) < 4.78 is 0. The standard InChI is InChI=1S/C23H24N4O3/c1-15-8-9-18-21(29)19(13-25-22(18)26-15)23(30)24-11-4-7-20(28)27-12-10-16-5-2-3-6-17(16)14-27/h2-3,5-6,8-9,13H,4,7,10-12,14H2,1H3,(H,24,30)(H,25,26,29). The van der Waals surface area contributed by atoms with Crippen LogP contribution in [0.15, 0.2) is 47.4 Å². The van der Waals surface area contributed by atoms with Gasteiger partial charge >= 0.3 is 0 Å². The first-order valence-corrected chi connectivity index (χ1v) is 10.1. The summed E-state index contributed by atoms with van der Waals surface area (Å²) in [5.74, 6) is -0.359. The maximum absolute atomic E-state index is 12.5. The Kier molecular flexibility index (Phi) is 5.61. The van der Waals surface area contributed by atoms with Crippen LogP contribution in [0.2, 0.25) is 0 Å². The van der Waals surface area contributed by atoms with Crippen LogP contribution in [0.5, 0.6) is 0 Å². The highest BCUT2D eigenvalue weighted by Gasteiger charge is 2.20. The maximum Gasteiger partial charge on any atom is 0.256 e. The van der Waals surface area contributed by atoms with E-state index in [4.69, 9.17) is 0 Å². The number of carbonyl (C=O) groups excluding carboxylic acids is 2. The predicted molar refractivity (Wildman–Crippen MR) is 114 cm³/mol. The van der Waals surface area contributed by atoms with Crippen LogP contribution >= 0.6 is 0 Å². The summed E-state index contributed by atoms with van der Waals surface area (Å²) in [7, 11) is 0. The molecule has 0 fully saturated rings. The average Bonchev–Trinajstić information content (AvgIpc) is 2.76. The van der Waals surface area contributed by atoms with Crippen molar-refractivity contribution in [2.75, 3.05) is 13.1 Å². The second-order valence-electron chi connectivity index (χ2n) is 7.57. The van der Waals surface area contributed by atoms with E-state index in [-0.39, 0.29) is 16.9 Å². The summed E-state index contributed by atoms with van der Waals surface area (Å²) in [5, 5.41) is 3.12. The number of rotatable bonds is 5. The lowest BCUT2D eigenvalue weighted by Gasteiger charge is -2.29. The molecule has 1 aliphatic rings. The molecule has 0 saturated heterocycles. The van der Waals surface area contributed by atoms with Gasteiger partial charge in [0.1, 0.15) is 11.2 Å². The first-order chi connectivity index (χ1) is 14.5. The Bertz CT molecular complexity index is 1170. The van der Waals surface area contributed by atoms with Gasteiger partial charge in [0.05, 0.1) is 5.39 Å². The highest BCUT2D eigenvalue weighted by molar-refractivity contribution is 5.96. The van der Waals surface area contributed by atoms with Crippen LogP contribution in [0.1, 0.15) is 40.0 Å². The first-order valence-electron chi connectivity index (χ1n) is 10.1. The van der Waals surface area contributed by atoms with Gasteiger partial charge in [0.25, 0.3) is 5.91 Å². The molecule has 0 unspecified atom stereocenters. The molecule has 1 aliphatic heterocycles. The Morgan fingerprint density at radius 1 is 1.17 bits per heavy atom. The van der Waals surface area contributed by atoms with Crippen molar-refractivity contribution >= 4 is 22.8 Å². The van der Waals surface area contributed by atoms with Gasteiger partial charge in [-0.1, -0.05) is 24.3 Å². The highest BCUT2D eigenvalue weighted by Crippen LogP contribution is 2.19. The monoisotopic (exact) mass is 404 g/mol. The van der Waals surface area contributed by atoms with Gasteiger partial charge < -0.3 is 15.2 Å². The number of aromatic nitrogens is 2. The normalized spacial score (nSPS) is 13.2. The van der Waals surface area contributed by atoms with Crippen LogP contribution in [0.25, 0.3) is 11.0 Å². The molecule has 0 atom stereocenters. The molecule has 3 heterocycles. The maximum atomic E-state index is 12.5. The summed E-state index contributed by atoms with van der Waals surface area (Å²) in [5.41, 5.74) is 3.46. The van der Waals surface area contributed by atoms with Gasteiger partial charge in [0.2, 0.25) is 11.3 Å². The molecular formula is C23H24N4O3. The van der Waals surface area contributed by atoms with Gasteiger partial charge in [0, 0.05) is 37.9 Å². The summed E-state index contributed by atoms with van der Waals surface area (Å²) in [6, 6.07) is 11.6. The SMILES string of the molecule is Cc1ccc2c(=O)c(C(=O)NCCCC(=O)N3CCc4ccccc4C3)c[nH]c2n1. The molecule has 30 heavy (non-hydrogen) atoms. The van der Waals surface area contributed by atoms with E-state index >= 15 is 0 Å². The molecule has 0 radical (unpaired) electrons. The summed E-state index contributed by atoms with van der Waals surface area (Å²) in [4.78, 5) is 46.5. The summed E-state index contributed by atoms with van der Waals surface area (Å²) >= 11 is 0. The minimum atomic E-state index is -0.446. The molecule has 3 aromatic rings. The lowest BCUT2D eigenvalue weighted by Crippen LogP contribution is -2.36. The van der Waals surface area contributed by atoms with Crippen molar-refractivity contribution in [1.82, 2.24) is 20.2 Å². The molecule has 0 spiro atoms. The molecule has 2 N–H and O–H groups in total. The minimum Gasteiger partial charge on any atom is -0.352 e. The van der Waals surface area contributed by atoms with Crippen molar-refractivity contribution in [2.24, 2.45) is 0 Å². The van der Waals surface area contributed by atoms with E-state index in [0.717, 1.165) is 18.7 Å². The Morgan fingerprint density at radius 2 is 1.97 bits per heavy atom. The molecule has 2 aromatic heterocycles. The number of amides is 2. The number of hydrogen-bond donors (Lipinski definition) is 2. The number of nitrogens with one attached hydrogen (secondary N) is 2. The Labute approximate surface area is 174 Å². The fourth-order valence-electron chi connectivity index (χ4n) is 3.77. The number of H-pyrrole nitrogens is 1. The third-order valence-corrected chi connectivity index (χ3v) is 5.46. The number of benzene rings is 1. The smallest absolute Gasteiger partial charge is 0.256 e. The number of fused-ring (bicyclic) bond motifs is 2. The van der Waals surface area contributed by atoms with Crippen molar-refractivity contribution in [2.45, 2.75) is 32.7 Å². The van der Waals surface area contributed by atoms with Gasteiger partial charge in [-0.15, -0.1) is 0 Å². The average molecular weight is 404 g/mol. The number of nitrogens with zero attached hydrogens (tertiary/aromatic N) is 2. The topological polar surface area (TPSA) is 95.2 Å². The van der Waals surface area contributed by atoms with Crippen molar-refractivity contribution in [3.63, 3.8) is 0 Å². The van der Waals surface area contributed by atoms with Crippen molar-refractivity contribution < 1.29 is 9.59 Å². The zero-order valence-corrected chi connectivity index (χ0v) is 16.9. The van der Waals surface area contributed by atoms with E-state index in [1.54, 1.807) is 12.1 Å². The van der Waals surface area contributed by atoms with Crippen molar-refractivity contribution in [1.29, 1.82) is 0 Å². The number of hydrogen-bond acceptors (Lipinski definition) is 4. The molecular weight excluding hydrogens is 380 g/mol. The molecule has 0 saturated carbocycles. The lowest BCUT2D eigenvalue weighted by molar-refractivity contribution is -0.132. The number of pyridine rings is 2. The predicted octanol–water partition coefficient (Wildman–Crippen LogP) is 2.33. The first kappa shape index (κ1) is 19.8. The van der Waals surface area contributed by atoms with Crippen LogP contribution in [-0.2, 0) is 17.8 Å². The molecule has 7 heteroatoms. The summed E-state index contributed by atoms with van der Waals surface area (Å²) in [6.07, 6.45) is 3.15. The number of aromatic amines is 1. The second-order valence-corrected chi connectivity index (χ2v) is 7.57. The molecule has 154 valence electrons. The lowest BCUT2D eigenvalue weighted by atomic mass is 9.99. The number of carbonyl (C=O) groups is 2. The molecule has 0 aliphatic carbocycles. The fourth-order valence-corrected chi connectivity index (χ4v) is 3.77. The fraction of sp³-hybridized carbons (Fsp3) is 0.304. The zero-order valence-electron chi connectivity index (χ0n) is 16.9. The minimum absolute atomic E-state index is 0.0483. The molecule has 4 rings (SSSR count). The molecule has 7 nitrogen and oxygen atoms in total. The molecule has 0 bridgehead atoms. The largest absolute Gasteiger partial charge is 0.352 e. The van der Waals surface area contributed by atoms with Gasteiger partial charge in [-0.05, 0) is 43.0 Å². The van der Waals surface area contributed by atoms with Gasteiger partial charge in [-0.2, -0.15) is 0 Å². The summed E-state index contributed by atoms with van der Waals surface area (Å²) in [6.45, 7) is 3.53. The third kappa shape index (κ3) is 4.10. The van der Waals surface area contributed by atoms with Crippen LogP contribution < -0.4 is 10.7 Å². The third-order valence-electron chi connectivity index (χ3n) is 5.46. The van der Waals surface area contributed by atoms with Crippen LogP contribution in [0, 0.1) is 6.92 Å². The van der Waals surface area contributed by atoms with E-state index in [2.05, 4.69) is 27.4 Å². The Balaban J connectivity index is 1.30. The molecule has 2 amide bonds. The Morgan fingerprint density at radius 3 is 2.80 bits per heavy atom. The van der Waals surface area contributed by atoms with Crippen molar-refractivity contribution in [3.8, 4) is 0 Å². The van der Waals surface area contributed by atoms with Crippen LogP contribution in [-0.4, -0.2) is 39.8 Å². The van der Waals surface area contributed by atoms with Gasteiger partial charge in [-0.25, -0.2) is 4.98 Å². The Hall–Kier alpha value is -3.48. The van der Waals surface area contributed by atoms with E-state index < -0.39 is 5.91 Å². The van der Waals surface area contributed by atoms with E-state index in [1.807, 2.05) is 24.0 Å². The van der Waals surface area contributed by atoms with E-state index in [9.17, 15) is 14.4 Å². The van der Waals surface area contributed by atoms with E-state index in [1.165, 1.54) is 17.3 Å².